The van der Waals surface area contributed by atoms with Crippen molar-refractivity contribution in [1.82, 2.24) is 29.5 Å². The number of hydrogen-bond donors (Lipinski definition) is 1. The molecule has 1 aliphatic heterocycles. The number of para-hydroxylation sites is 1. The SMILES string of the molecule is O=c1c2c(Cl)cccc2nc([C@@H]2CSCN2c2ncnc3[nH]cnc23)n1-c1ccccc1. The van der Waals surface area contributed by atoms with Crippen LogP contribution in [-0.4, -0.2) is 41.1 Å². The van der Waals surface area contributed by atoms with E-state index in [-0.39, 0.29) is 11.6 Å². The molecule has 0 unspecified atom stereocenters. The summed E-state index contributed by atoms with van der Waals surface area (Å²) in [4.78, 5) is 37.0. The monoisotopic (exact) mass is 461 g/mol. The van der Waals surface area contributed by atoms with Crippen LogP contribution < -0.4 is 10.5 Å². The molecule has 1 saturated heterocycles. The van der Waals surface area contributed by atoms with Crippen molar-refractivity contribution in [1.29, 1.82) is 0 Å². The van der Waals surface area contributed by atoms with Crippen LogP contribution in [0, 0.1) is 0 Å². The fraction of sp³-hybridized carbons (Fsp3) is 0.136. The largest absolute Gasteiger partial charge is 0.334 e. The number of aromatic amines is 1. The Morgan fingerprint density at radius 3 is 2.81 bits per heavy atom. The molecular formula is C22H16ClN7OS. The van der Waals surface area contributed by atoms with E-state index >= 15 is 0 Å². The molecule has 1 fully saturated rings. The third kappa shape index (κ3) is 2.96. The Labute approximate surface area is 191 Å². The van der Waals surface area contributed by atoms with Crippen molar-refractivity contribution in [2.24, 2.45) is 0 Å². The van der Waals surface area contributed by atoms with Gasteiger partial charge in [0.15, 0.2) is 11.5 Å². The van der Waals surface area contributed by atoms with Gasteiger partial charge in [0.1, 0.15) is 17.7 Å². The van der Waals surface area contributed by atoms with Gasteiger partial charge >= 0.3 is 0 Å². The average molecular weight is 462 g/mol. The van der Waals surface area contributed by atoms with Gasteiger partial charge < -0.3 is 9.88 Å². The Balaban J connectivity index is 1.61. The Bertz CT molecular complexity index is 1520. The normalized spacial score (nSPS) is 16.3. The van der Waals surface area contributed by atoms with Gasteiger partial charge in [0, 0.05) is 5.75 Å². The van der Waals surface area contributed by atoms with E-state index in [0.29, 0.717) is 44.6 Å². The second-order valence-corrected chi connectivity index (χ2v) is 8.77. The molecule has 0 aliphatic carbocycles. The number of hydrogen-bond acceptors (Lipinski definition) is 7. The van der Waals surface area contributed by atoms with Gasteiger partial charge in [-0.3, -0.25) is 9.36 Å². The van der Waals surface area contributed by atoms with Gasteiger partial charge in [0.05, 0.1) is 39.9 Å². The summed E-state index contributed by atoms with van der Waals surface area (Å²) in [5.41, 5.74) is 2.49. The van der Waals surface area contributed by atoms with Gasteiger partial charge in [0.2, 0.25) is 0 Å². The summed E-state index contributed by atoms with van der Waals surface area (Å²) in [6, 6.07) is 14.7. The summed E-state index contributed by atoms with van der Waals surface area (Å²) < 4.78 is 1.67. The standard InChI is InChI=1S/C22H16ClN7OS/c23-14-7-4-8-15-17(14)22(31)30(13-5-2-1-3-6-13)20(28-15)16-9-32-12-29(16)21-18-19(25-10-24-18)26-11-27-21/h1-8,10-11,16H,9,12H2,(H,24,25,26,27)/t16-/m0/s1. The second kappa shape index (κ2) is 7.61. The number of anilines is 1. The summed E-state index contributed by atoms with van der Waals surface area (Å²) in [6.45, 7) is 0. The van der Waals surface area contributed by atoms with E-state index in [9.17, 15) is 4.79 Å². The number of aromatic nitrogens is 6. The van der Waals surface area contributed by atoms with Crippen molar-refractivity contribution in [3.05, 3.63) is 82.4 Å². The number of nitrogens with one attached hydrogen (secondary N) is 1. The van der Waals surface area contributed by atoms with E-state index in [1.54, 1.807) is 28.7 Å². The third-order valence-corrected chi connectivity index (χ3v) is 6.86. The lowest BCUT2D eigenvalue weighted by Crippen LogP contribution is -2.33. The third-order valence-electron chi connectivity index (χ3n) is 5.54. The van der Waals surface area contributed by atoms with Gasteiger partial charge in [-0.05, 0) is 24.3 Å². The van der Waals surface area contributed by atoms with E-state index < -0.39 is 0 Å². The number of benzene rings is 2. The van der Waals surface area contributed by atoms with Gasteiger partial charge in [-0.1, -0.05) is 35.9 Å². The predicted molar refractivity (Wildman–Crippen MR) is 127 cm³/mol. The highest BCUT2D eigenvalue weighted by atomic mass is 35.5. The van der Waals surface area contributed by atoms with Crippen molar-refractivity contribution in [2.45, 2.75) is 6.04 Å². The lowest BCUT2D eigenvalue weighted by atomic mass is 10.2. The molecule has 0 saturated carbocycles. The summed E-state index contributed by atoms with van der Waals surface area (Å²) in [6.07, 6.45) is 3.13. The number of rotatable bonds is 3. The van der Waals surface area contributed by atoms with Crippen LogP contribution in [0.25, 0.3) is 27.8 Å². The molecule has 0 radical (unpaired) electrons. The number of thioether (sulfide) groups is 1. The molecule has 2 aromatic carbocycles. The zero-order valence-electron chi connectivity index (χ0n) is 16.6. The van der Waals surface area contributed by atoms with Crippen molar-refractivity contribution in [2.75, 3.05) is 16.5 Å². The zero-order valence-corrected chi connectivity index (χ0v) is 18.2. The van der Waals surface area contributed by atoms with E-state index in [2.05, 4.69) is 24.8 Å². The maximum absolute atomic E-state index is 13.7. The molecule has 6 rings (SSSR count). The van der Waals surface area contributed by atoms with Crippen LogP contribution in [0.4, 0.5) is 5.82 Å². The zero-order chi connectivity index (χ0) is 21.7. The molecule has 5 aromatic rings. The van der Waals surface area contributed by atoms with Gasteiger partial charge in [0.25, 0.3) is 5.56 Å². The van der Waals surface area contributed by atoms with Crippen LogP contribution in [0.2, 0.25) is 5.02 Å². The Kier molecular flexibility index (Phi) is 4.58. The topological polar surface area (TPSA) is 92.6 Å². The molecule has 1 aliphatic rings. The molecular weight excluding hydrogens is 446 g/mol. The number of fused-ring (bicyclic) bond motifs is 2. The fourth-order valence-corrected chi connectivity index (χ4v) is 5.49. The summed E-state index contributed by atoms with van der Waals surface area (Å²) in [7, 11) is 0. The number of imidazole rings is 1. The Hall–Kier alpha value is -3.43. The second-order valence-electron chi connectivity index (χ2n) is 7.36. The molecule has 0 spiro atoms. The van der Waals surface area contributed by atoms with Gasteiger partial charge in [-0.15, -0.1) is 11.8 Å². The first kappa shape index (κ1) is 19.3. The molecule has 10 heteroatoms. The Morgan fingerprint density at radius 2 is 1.94 bits per heavy atom. The quantitative estimate of drug-likeness (QED) is 0.434. The maximum Gasteiger partial charge on any atom is 0.267 e. The number of H-pyrrole nitrogens is 1. The number of nitrogens with zero attached hydrogens (tertiary/aromatic N) is 6. The predicted octanol–water partition coefficient (Wildman–Crippen LogP) is 3.96. The van der Waals surface area contributed by atoms with Crippen LogP contribution in [-0.2, 0) is 0 Å². The minimum atomic E-state index is -0.189. The molecule has 0 amide bonds. The average Bonchev–Trinajstić information content (AvgIpc) is 3.49. The minimum absolute atomic E-state index is 0.189. The first-order valence-corrected chi connectivity index (χ1v) is 11.5. The molecule has 158 valence electrons. The highest BCUT2D eigenvalue weighted by Crippen LogP contribution is 2.38. The van der Waals surface area contributed by atoms with Crippen LogP contribution in [0.5, 0.6) is 0 Å². The molecule has 8 nitrogen and oxygen atoms in total. The molecule has 3 aromatic heterocycles. The van der Waals surface area contributed by atoms with Crippen molar-refractivity contribution in [3.8, 4) is 5.69 Å². The van der Waals surface area contributed by atoms with Crippen molar-refractivity contribution >= 4 is 51.2 Å². The maximum atomic E-state index is 13.7. The van der Waals surface area contributed by atoms with Crippen molar-refractivity contribution < 1.29 is 0 Å². The first-order chi connectivity index (χ1) is 15.7. The lowest BCUT2D eigenvalue weighted by Gasteiger charge is -2.26. The van der Waals surface area contributed by atoms with Crippen LogP contribution >= 0.6 is 23.4 Å². The highest BCUT2D eigenvalue weighted by molar-refractivity contribution is 7.99. The molecule has 0 bridgehead atoms. The minimum Gasteiger partial charge on any atom is -0.334 e. The molecule has 4 heterocycles. The molecule has 32 heavy (non-hydrogen) atoms. The number of halogens is 1. The fourth-order valence-electron chi connectivity index (χ4n) is 4.08. The molecule has 1 atom stereocenters. The summed E-state index contributed by atoms with van der Waals surface area (Å²) in [5.74, 6) is 2.80. The van der Waals surface area contributed by atoms with Crippen LogP contribution in [0.1, 0.15) is 11.9 Å². The van der Waals surface area contributed by atoms with E-state index in [4.69, 9.17) is 16.6 Å². The van der Waals surface area contributed by atoms with Gasteiger partial charge in [-0.2, -0.15) is 0 Å². The lowest BCUT2D eigenvalue weighted by molar-refractivity contribution is 0.668. The van der Waals surface area contributed by atoms with Crippen molar-refractivity contribution in [3.63, 3.8) is 0 Å². The van der Waals surface area contributed by atoms with E-state index in [1.807, 2.05) is 42.5 Å². The van der Waals surface area contributed by atoms with Crippen LogP contribution in [0.3, 0.4) is 0 Å². The Morgan fingerprint density at radius 1 is 1.06 bits per heavy atom. The summed E-state index contributed by atoms with van der Waals surface area (Å²) >= 11 is 8.17. The molecule has 1 N–H and O–H groups in total. The highest BCUT2D eigenvalue weighted by Gasteiger charge is 2.34. The van der Waals surface area contributed by atoms with E-state index in [0.717, 1.165) is 11.4 Å². The smallest absolute Gasteiger partial charge is 0.267 e. The first-order valence-electron chi connectivity index (χ1n) is 9.97. The summed E-state index contributed by atoms with van der Waals surface area (Å²) in [5, 5.41) is 0.804. The van der Waals surface area contributed by atoms with E-state index in [1.165, 1.54) is 6.33 Å². The van der Waals surface area contributed by atoms with Gasteiger partial charge in [-0.25, -0.2) is 19.9 Å². The van der Waals surface area contributed by atoms with Crippen LogP contribution in [0.15, 0.2) is 66.0 Å².